The lowest BCUT2D eigenvalue weighted by Crippen LogP contribution is -2.04. The van der Waals surface area contributed by atoms with Crippen LogP contribution in [0.5, 0.6) is 0 Å². The number of benzene rings is 1. The van der Waals surface area contributed by atoms with Crippen molar-refractivity contribution in [3.05, 3.63) is 76.1 Å². The first-order valence-electron chi connectivity index (χ1n) is 15.1. The number of aryl methyl sites for hydroxylation is 6. The van der Waals surface area contributed by atoms with E-state index < -0.39 is 0 Å². The second-order valence-electron chi connectivity index (χ2n) is 11.3. The lowest BCUT2D eigenvalue weighted by molar-refractivity contribution is 0.661. The fourth-order valence-corrected chi connectivity index (χ4v) is 4.92. The van der Waals surface area contributed by atoms with E-state index in [1.807, 2.05) is 12.4 Å². The largest absolute Gasteiger partial charge is 0.253 e. The van der Waals surface area contributed by atoms with Crippen LogP contribution < -0.4 is 0 Å². The zero-order chi connectivity index (χ0) is 28.5. The molecule has 4 rings (SSSR count). The summed E-state index contributed by atoms with van der Waals surface area (Å²) in [6.07, 6.45) is 16.0. The van der Waals surface area contributed by atoms with E-state index in [0.29, 0.717) is 17.5 Å². The molecular formula is C35H45N5. The van der Waals surface area contributed by atoms with E-state index in [1.54, 1.807) is 0 Å². The molecule has 0 bridgehead atoms. The Balaban J connectivity index is 1.81. The molecule has 4 aromatic rings. The molecule has 0 amide bonds. The highest BCUT2D eigenvalue weighted by atomic mass is 15.1. The minimum atomic E-state index is 0.584. The van der Waals surface area contributed by atoms with Gasteiger partial charge in [-0.05, 0) is 111 Å². The number of rotatable bonds is 13. The van der Waals surface area contributed by atoms with Crippen LogP contribution in [0.3, 0.4) is 0 Å². The summed E-state index contributed by atoms with van der Waals surface area (Å²) in [4.78, 5) is 24.3. The van der Waals surface area contributed by atoms with Gasteiger partial charge in [-0.25, -0.2) is 15.0 Å². The van der Waals surface area contributed by atoms with Crippen LogP contribution in [0.15, 0.2) is 42.7 Å². The van der Waals surface area contributed by atoms with Gasteiger partial charge >= 0.3 is 0 Å². The third-order valence-corrected chi connectivity index (χ3v) is 7.79. The maximum atomic E-state index is 5.00. The maximum Gasteiger partial charge on any atom is 0.182 e. The standard InChI is InChI=1S/C35H45N5/c1-7-9-11-13-15-28-19-29(16-14-12-10-8-2)21-30(20-28)33-38-34(31-17-24(3)26(5)22-36-31)40-35(39-33)32-18-25(4)27(6)23-37-32/h17-23H,7-16H2,1-6H3. The highest BCUT2D eigenvalue weighted by Crippen LogP contribution is 2.27. The van der Waals surface area contributed by atoms with Gasteiger partial charge in [-0.15, -0.1) is 0 Å². The number of hydrogen-bond donors (Lipinski definition) is 0. The van der Waals surface area contributed by atoms with Crippen molar-refractivity contribution < 1.29 is 0 Å². The molecule has 0 aliphatic rings. The minimum Gasteiger partial charge on any atom is -0.253 e. The van der Waals surface area contributed by atoms with Crippen molar-refractivity contribution >= 4 is 0 Å². The van der Waals surface area contributed by atoms with Crippen molar-refractivity contribution in [2.45, 2.75) is 106 Å². The van der Waals surface area contributed by atoms with Gasteiger partial charge in [0, 0.05) is 18.0 Å². The molecule has 210 valence electrons. The molecule has 0 radical (unpaired) electrons. The summed E-state index contributed by atoms with van der Waals surface area (Å²) in [7, 11) is 0. The fraction of sp³-hybridized carbons (Fsp3) is 0.457. The molecule has 0 saturated heterocycles. The molecule has 3 aromatic heterocycles. The minimum absolute atomic E-state index is 0.584. The van der Waals surface area contributed by atoms with E-state index >= 15 is 0 Å². The molecule has 0 saturated carbocycles. The molecule has 0 aliphatic carbocycles. The first-order valence-corrected chi connectivity index (χ1v) is 15.1. The SMILES string of the molecule is CCCCCCc1cc(CCCCCC)cc(-c2nc(-c3cc(C)c(C)cn3)nc(-c3cc(C)c(C)cn3)n2)c1. The van der Waals surface area contributed by atoms with Crippen LogP contribution in [0, 0.1) is 27.7 Å². The van der Waals surface area contributed by atoms with E-state index in [-0.39, 0.29) is 0 Å². The quantitative estimate of drug-likeness (QED) is 0.160. The zero-order valence-corrected chi connectivity index (χ0v) is 25.3. The zero-order valence-electron chi connectivity index (χ0n) is 25.3. The Morgan fingerprint density at radius 1 is 0.475 bits per heavy atom. The lowest BCUT2D eigenvalue weighted by atomic mass is 9.97. The Bertz CT molecular complexity index is 1330. The normalized spacial score (nSPS) is 11.2. The average molecular weight is 536 g/mol. The van der Waals surface area contributed by atoms with E-state index in [0.717, 1.165) is 40.9 Å². The average Bonchev–Trinajstić information content (AvgIpc) is 2.96. The lowest BCUT2D eigenvalue weighted by Gasteiger charge is -2.12. The summed E-state index contributed by atoms with van der Waals surface area (Å²) in [6.45, 7) is 12.9. The summed E-state index contributed by atoms with van der Waals surface area (Å²) in [5, 5.41) is 0. The van der Waals surface area contributed by atoms with E-state index in [9.17, 15) is 0 Å². The monoisotopic (exact) mass is 535 g/mol. The van der Waals surface area contributed by atoms with E-state index in [2.05, 4.69) is 81.8 Å². The van der Waals surface area contributed by atoms with Gasteiger partial charge < -0.3 is 0 Å². The Morgan fingerprint density at radius 3 is 1.35 bits per heavy atom. The summed E-state index contributed by atoms with van der Waals surface area (Å²) in [6, 6.07) is 11.1. The van der Waals surface area contributed by atoms with Crippen molar-refractivity contribution in [2.75, 3.05) is 0 Å². The predicted molar refractivity (Wildman–Crippen MR) is 166 cm³/mol. The fourth-order valence-electron chi connectivity index (χ4n) is 4.92. The molecule has 0 aliphatic heterocycles. The van der Waals surface area contributed by atoms with Crippen LogP contribution in [0.1, 0.15) is 98.6 Å². The van der Waals surface area contributed by atoms with Gasteiger partial charge in [0.05, 0.1) is 0 Å². The molecule has 3 heterocycles. The molecule has 0 N–H and O–H groups in total. The molecule has 40 heavy (non-hydrogen) atoms. The van der Waals surface area contributed by atoms with Crippen molar-refractivity contribution in [2.24, 2.45) is 0 Å². The molecule has 5 nitrogen and oxygen atoms in total. The number of aromatic nitrogens is 5. The van der Waals surface area contributed by atoms with Gasteiger partial charge in [-0.3, -0.25) is 9.97 Å². The van der Waals surface area contributed by atoms with Gasteiger partial charge in [0.2, 0.25) is 0 Å². The summed E-state index contributed by atoms with van der Waals surface area (Å²) in [5.74, 6) is 1.85. The number of unbranched alkanes of at least 4 members (excludes halogenated alkanes) is 6. The van der Waals surface area contributed by atoms with Crippen molar-refractivity contribution in [1.82, 2.24) is 24.9 Å². The third kappa shape index (κ3) is 7.80. The van der Waals surface area contributed by atoms with Crippen LogP contribution in [0.25, 0.3) is 34.4 Å². The first-order chi connectivity index (χ1) is 19.4. The van der Waals surface area contributed by atoms with E-state index in [4.69, 9.17) is 15.0 Å². The van der Waals surface area contributed by atoms with Crippen LogP contribution >= 0.6 is 0 Å². The molecule has 0 unspecified atom stereocenters. The first kappa shape index (κ1) is 29.5. The van der Waals surface area contributed by atoms with Gasteiger partial charge in [0.15, 0.2) is 17.5 Å². The van der Waals surface area contributed by atoms with Crippen molar-refractivity contribution in [3.8, 4) is 34.4 Å². The molecular weight excluding hydrogens is 490 g/mol. The topological polar surface area (TPSA) is 64.5 Å². The van der Waals surface area contributed by atoms with Gasteiger partial charge in [0.25, 0.3) is 0 Å². The van der Waals surface area contributed by atoms with E-state index in [1.165, 1.54) is 73.6 Å². The summed E-state index contributed by atoms with van der Waals surface area (Å²) in [5.41, 5.74) is 9.95. The number of hydrogen-bond acceptors (Lipinski definition) is 5. The summed E-state index contributed by atoms with van der Waals surface area (Å²) >= 11 is 0. The second kappa shape index (κ2) is 14.2. The van der Waals surface area contributed by atoms with Crippen LogP contribution in [0.2, 0.25) is 0 Å². The second-order valence-corrected chi connectivity index (χ2v) is 11.3. The third-order valence-electron chi connectivity index (χ3n) is 7.79. The molecule has 1 aromatic carbocycles. The van der Waals surface area contributed by atoms with Crippen molar-refractivity contribution in [1.29, 1.82) is 0 Å². The highest BCUT2D eigenvalue weighted by Gasteiger charge is 2.16. The molecule has 0 spiro atoms. The maximum absolute atomic E-state index is 5.00. The van der Waals surface area contributed by atoms with Gasteiger partial charge in [0.1, 0.15) is 11.4 Å². The van der Waals surface area contributed by atoms with Crippen LogP contribution in [-0.2, 0) is 12.8 Å². The Labute approximate surface area is 241 Å². The number of nitrogens with zero attached hydrogens (tertiary/aromatic N) is 5. The Kier molecular flexibility index (Phi) is 10.5. The summed E-state index contributed by atoms with van der Waals surface area (Å²) < 4.78 is 0. The number of pyridine rings is 2. The Hall–Kier alpha value is -3.47. The molecule has 0 atom stereocenters. The predicted octanol–water partition coefficient (Wildman–Crippen LogP) is 9.14. The molecule has 5 heteroatoms. The van der Waals surface area contributed by atoms with Crippen LogP contribution in [-0.4, -0.2) is 24.9 Å². The van der Waals surface area contributed by atoms with Crippen LogP contribution in [0.4, 0.5) is 0 Å². The van der Waals surface area contributed by atoms with Crippen molar-refractivity contribution in [3.63, 3.8) is 0 Å². The smallest absolute Gasteiger partial charge is 0.182 e. The van der Waals surface area contributed by atoms with Gasteiger partial charge in [-0.1, -0.05) is 58.4 Å². The molecule has 0 fully saturated rings. The highest BCUT2D eigenvalue weighted by molar-refractivity contribution is 5.65. The van der Waals surface area contributed by atoms with Gasteiger partial charge in [-0.2, -0.15) is 0 Å². The Morgan fingerprint density at radius 2 is 0.925 bits per heavy atom.